The van der Waals surface area contributed by atoms with Gasteiger partial charge in [-0.1, -0.05) is 0 Å². The van der Waals surface area contributed by atoms with Crippen LogP contribution < -0.4 is 11.1 Å². The molecule has 1 unspecified atom stereocenters. The Kier molecular flexibility index (Phi) is 5.78. The van der Waals surface area contributed by atoms with Gasteiger partial charge in [0.2, 0.25) is 5.91 Å². The van der Waals surface area contributed by atoms with Crippen LogP contribution in [0.1, 0.15) is 29.4 Å². The minimum atomic E-state index is -0.507. The number of rotatable bonds is 4. The van der Waals surface area contributed by atoms with Crippen molar-refractivity contribution < 1.29 is 9.59 Å². The first-order valence-electron chi connectivity index (χ1n) is 7.06. The lowest BCUT2D eigenvalue weighted by atomic mass is 9.97. The lowest BCUT2D eigenvalue weighted by Gasteiger charge is -2.33. The van der Waals surface area contributed by atoms with Crippen molar-refractivity contribution in [1.82, 2.24) is 10.2 Å². The third-order valence-electron chi connectivity index (χ3n) is 3.77. The Morgan fingerprint density at radius 3 is 2.67 bits per heavy atom. The molecule has 1 aliphatic rings. The van der Waals surface area contributed by atoms with Crippen LogP contribution in [0.15, 0.2) is 15.9 Å². The summed E-state index contributed by atoms with van der Waals surface area (Å²) in [4.78, 5) is 26.8. The predicted molar refractivity (Wildman–Crippen MR) is 87.3 cm³/mol. The Morgan fingerprint density at radius 2 is 2.14 bits per heavy atom. The molecule has 5 nitrogen and oxygen atoms in total. The topological polar surface area (TPSA) is 75.4 Å². The largest absolute Gasteiger partial charge is 0.341 e. The van der Waals surface area contributed by atoms with Crippen molar-refractivity contribution in [2.45, 2.75) is 25.8 Å². The monoisotopic (exact) mass is 373 g/mol. The van der Waals surface area contributed by atoms with Crippen LogP contribution in [0, 0.1) is 5.92 Å². The van der Waals surface area contributed by atoms with Crippen molar-refractivity contribution in [3.8, 4) is 0 Å². The zero-order chi connectivity index (χ0) is 15.4. The molecule has 1 fully saturated rings. The van der Waals surface area contributed by atoms with Crippen molar-refractivity contribution in [1.29, 1.82) is 0 Å². The zero-order valence-corrected chi connectivity index (χ0v) is 14.4. The average Bonchev–Trinajstić information content (AvgIpc) is 2.93. The van der Waals surface area contributed by atoms with Gasteiger partial charge < -0.3 is 16.0 Å². The molecule has 2 heterocycles. The quantitative estimate of drug-likeness (QED) is 0.844. The summed E-state index contributed by atoms with van der Waals surface area (Å²) in [5.41, 5.74) is 5.65. The summed E-state index contributed by atoms with van der Waals surface area (Å²) in [7, 11) is 0. The smallest absolute Gasteiger partial charge is 0.262 e. The minimum Gasteiger partial charge on any atom is -0.341 e. The van der Waals surface area contributed by atoms with E-state index < -0.39 is 6.04 Å². The summed E-state index contributed by atoms with van der Waals surface area (Å²) in [6.07, 6.45) is 1.89. The molecule has 7 heteroatoms. The molecule has 1 aromatic heterocycles. The second kappa shape index (κ2) is 7.38. The van der Waals surface area contributed by atoms with Gasteiger partial charge in [-0.2, -0.15) is 0 Å². The fourth-order valence-electron chi connectivity index (χ4n) is 2.43. The first kappa shape index (κ1) is 16.5. The van der Waals surface area contributed by atoms with E-state index in [2.05, 4.69) is 21.2 Å². The summed E-state index contributed by atoms with van der Waals surface area (Å²) in [6.45, 7) is 3.87. The van der Waals surface area contributed by atoms with Gasteiger partial charge in [0.1, 0.15) is 6.04 Å². The van der Waals surface area contributed by atoms with Crippen molar-refractivity contribution in [3.63, 3.8) is 0 Å². The summed E-state index contributed by atoms with van der Waals surface area (Å²) in [5, 5.41) is 2.77. The highest BCUT2D eigenvalue weighted by molar-refractivity contribution is 9.11. The number of halogens is 1. The summed E-state index contributed by atoms with van der Waals surface area (Å²) >= 11 is 4.68. The molecule has 2 rings (SSSR count). The number of hydrogen-bond donors (Lipinski definition) is 2. The minimum absolute atomic E-state index is 0.0190. The molecule has 0 aliphatic carbocycles. The van der Waals surface area contributed by atoms with Gasteiger partial charge >= 0.3 is 0 Å². The van der Waals surface area contributed by atoms with Gasteiger partial charge in [0, 0.05) is 13.1 Å². The van der Waals surface area contributed by atoms with Crippen molar-refractivity contribution in [2.75, 3.05) is 19.6 Å². The van der Waals surface area contributed by atoms with Crippen LogP contribution in [-0.2, 0) is 4.79 Å². The summed E-state index contributed by atoms with van der Waals surface area (Å²) < 4.78 is 0.899. The van der Waals surface area contributed by atoms with Crippen LogP contribution in [0.3, 0.4) is 0 Å². The lowest BCUT2D eigenvalue weighted by Crippen LogP contribution is -2.49. The maximum absolute atomic E-state index is 12.3. The molecule has 116 valence electrons. The number of nitrogens with zero attached hydrogens (tertiary/aromatic N) is 1. The molecule has 1 saturated heterocycles. The maximum Gasteiger partial charge on any atom is 0.262 e. The number of carbonyl (C=O) groups excluding carboxylic acids is 2. The number of nitrogens with one attached hydrogen (secondary N) is 1. The number of likely N-dealkylation sites (tertiary alicyclic amines) is 1. The first-order chi connectivity index (χ1) is 10.0. The van der Waals surface area contributed by atoms with Gasteiger partial charge in [-0.3, -0.25) is 9.59 Å². The van der Waals surface area contributed by atoms with Crippen molar-refractivity contribution in [3.05, 3.63) is 20.8 Å². The number of piperidine rings is 1. The van der Waals surface area contributed by atoms with E-state index in [1.54, 1.807) is 13.0 Å². The van der Waals surface area contributed by atoms with Crippen LogP contribution >= 0.6 is 27.3 Å². The maximum atomic E-state index is 12.3. The number of carbonyl (C=O) groups is 2. The van der Waals surface area contributed by atoms with E-state index in [9.17, 15) is 9.59 Å². The molecule has 1 aliphatic heterocycles. The molecule has 1 atom stereocenters. The molecule has 0 saturated carbocycles. The molecule has 0 spiro atoms. The molecule has 21 heavy (non-hydrogen) atoms. The van der Waals surface area contributed by atoms with E-state index in [0.29, 0.717) is 17.3 Å². The van der Waals surface area contributed by atoms with E-state index in [1.165, 1.54) is 11.3 Å². The molecule has 2 amide bonds. The van der Waals surface area contributed by atoms with Crippen molar-refractivity contribution >= 4 is 39.1 Å². The molecule has 1 aromatic rings. The SMILES string of the molecule is CC(NC(=O)c1ccc(Br)s1)C(=O)N1CCC(CN)CC1. The second-order valence-corrected chi connectivity index (χ2v) is 7.77. The fourth-order valence-corrected chi connectivity index (χ4v) is 3.72. The van der Waals surface area contributed by atoms with Crippen LogP contribution in [0.25, 0.3) is 0 Å². The van der Waals surface area contributed by atoms with E-state index in [-0.39, 0.29) is 11.8 Å². The Bertz CT molecular complexity index is 512. The van der Waals surface area contributed by atoms with E-state index >= 15 is 0 Å². The molecular weight excluding hydrogens is 354 g/mol. The molecule has 0 radical (unpaired) electrons. The van der Waals surface area contributed by atoms with Crippen LogP contribution in [0.5, 0.6) is 0 Å². The van der Waals surface area contributed by atoms with Gasteiger partial charge in [0.15, 0.2) is 0 Å². The Morgan fingerprint density at radius 1 is 1.48 bits per heavy atom. The summed E-state index contributed by atoms with van der Waals surface area (Å²) in [5.74, 6) is 0.292. The number of thiophene rings is 1. The van der Waals surface area contributed by atoms with Gasteiger partial charge in [-0.15, -0.1) is 11.3 Å². The standard InChI is InChI=1S/C14H20BrN3O2S/c1-9(17-13(19)11-2-3-12(15)21-11)14(20)18-6-4-10(8-16)5-7-18/h2-3,9-10H,4-8,16H2,1H3,(H,17,19). The number of amides is 2. The number of hydrogen-bond acceptors (Lipinski definition) is 4. The highest BCUT2D eigenvalue weighted by Crippen LogP contribution is 2.22. The molecular formula is C14H20BrN3O2S. The highest BCUT2D eigenvalue weighted by atomic mass is 79.9. The third-order valence-corrected chi connectivity index (χ3v) is 5.40. The fraction of sp³-hybridized carbons (Fsp3) is 0.571. The van der Waals surface area contributed by atoms with E-state index in [0.717, 1.165) is 29.7 Å². The Labute approximate surface area is 137 Å². The van der Waals surface area contributed by atoms with Crippen LogP contribution in [0.4, 0.5) is 0 Å². The lowest BCUT2D eigenvalue weighted by molar-refractivity contribution is -0.134. The number of nitrogens with two attached hydrogens (primary N) is 1. The van der Waals surface area contributed by atoms with Gasteiger partial charge in [0.25, 0.3) is 5.91 Å². The molecule has 3 N–H and O–H groups in total. The summed E-state index contributed by atoms with van der Waals surface area (Å²) in [6, 6.07) is 3.06. The van der Waals surface area contributed by atoms with Gasteiger partial charge in [0.05, 0.1) is 8.66 Å². The molecule has 0 bridgehead atoms. The van der Waals surface area contributed by atoms with E-state index in [1.807, 2.05) is 11.0 Å². The van der Waals surface area contributed by atoms with Gasteiger partial charge in [-0.05, 0) is 60.3 Å². The van der Waals surface area contributed by atoms with E-state index in [4.69, 9.17) is 5.73 Å². The first-order valence-corrected chi connectivity index (χ1v) is 8.67. The Balaban J connectivity index is 1.86. The zero-order valence-electron chi connectivity index (χ0n) is 12.0. The van der Waals surface area contributed by atoms with Crippen LogP contribution in [0.2, 0.25) is 0 Å². The predicted octanol–water partition coefficient (Wildman–Crippen LogP) is 1.83. The van der Waals surface area contributed by atoms with Crippen molar-refractivity contribution in [2.24, 2.45) is 11.7 Å². The third kappa shape index (κ3) is 4.28. The highest BCUT2D eigenvalue weighted by Gasteiger charge is 2.26. The van der Waals surface area contributed by atoms with Crippen LogP contribution in [-0.4, -0.2) is 42.4 Å². The Hall–Kier alpha value is -0.920. The van der Waals surface area contributed by atoms with Gasteiger partial charge in [-0.25, -0.2) is 0 Å². The molecule has 0 aromatic carbocycles. The average molecular weight is 374 g/mol. The normalized spacial score (nSPS) is 17.6. The second-order valence-electron chi connectivity index (χ2n) is 5.30.